The Labute approximate surface area is 602 Å². The van der Waals surface area contributed by atoms with Gasteiger partial charge in [-0.05, 0) is 32.7 Å². The van der Waals surface area contributed by atoms with E-state index in [9.17, 15) is 19.2 Å². The highest BCUT2D eigenvalue weighted by Gasteiger charge is 2.16. The summed E-state index contributed by atoms with van der Waals surface area (Å²) in [4.78, 5) is 59.6. The summed E-state index contributed by atoms with van der Waals surface area (Å²) >= 11 is 0. The molecule has 0 fully saturated rings. The molecule has 0 heterocycles. The minimum atomic E-state index is 0.0682. The molecule has 0 radical (unpaired) electrons. The second kappa shape index (κ2) is 78.9. The average molecular weight is 1440 g/mol. The fraction of sp³-hybridized carbons (Fsp3) is 0.945. The van der Waals surface area contributed by atoms with E-state index in [4.69, 9.17) is 0 Å². The van der Waals surface area contributed by atoms with Gasteiger partial charge in [-0.25, -0.2) is 0 Å². The first-order chi connectivity index (χ1) is 45.2. The van der Waals surface area contributed by atoms with Crippen molar-refractivity contribution in [2.45, 2.75) is 310 Å². The van der Waals surface area contributed by atoms with Crippen LogP contribution in [0.15, 0.2) is 0 Å². The largest absolute Gasteiger partial charge is 0.355 e. The summed E-state index contributed by atoms with van der Waals surface area (Å²) in [7, 11) is 17.3. The first kappa shape index (κ1) is 92.6. The second-order valence-corrected chi connectivity index (χ2v) is 36.5. The minimum absolute atomic E-state index is 0.0682. The van der Waals surface area contributed by atoms with Gasteiger partial charge in [0.1, 0.15) is 0 Å². The van der Waals surface area contributed by atoms with Crippen LogP contribution in [0.2, 0.25) is 0 Å². The third-order valence-electron chi connectivity index (χ3n) is 16.9. The minimum Gasteiger partial charge on any atom is -0.355 e. The molecule has 0 unspecified atom stereocenters. The Morgan fingerprint density at radius 2 is 0.402 bits per heavy atom. The molecule has 4 amide bonds. The van der Waals surface area contributed by atoms with E-state index in [2.05, 4.69) is 70.7 Å². The van der Waals surface area contributed by atoms with Crippen LogP contribution >= 0.6 is 86.4 Å². The summed E-state index contributed by atoms with van der Waals surface area (Å²) in [5.41, 5.74) is 0. The quantitative estimate of drug-likeness (QED) is 0.0341. The molecule has 0 aliphatic carbocycles. The molecule has 0 aromatic heterocycles. The fourth-order valence-corrected chi connectivity index (χ4v) is 19.0. The molecule has 0 spiro atoms. The first-order valence-electron chi connectivity index (χ1n) is 38.4. The van der Waals surface area contributed by atoms with Crippen LogP contribution in [0.3, 0.4) is 0 Å². The molecule has 92 heavy (non-hydrogen) atoms. The van der Waals surface area contributed by atoms with E-state index in [-0.39, 0.29) is 23.6 Å². The number of carbonyl (C=O) groups excluding carboxylic acids is 4. The molecule has 0 bridgehead atoms. The van der Waals surface area contributed by atoms with Crippen molar-refractivity contribution in [3.8, 4) is 0 Å². The van der Waals surface area contributed by atoms with Gasteiger partial charge in [0.05, 0.1) is 0 Å². The Hall–Kier alpha value is 0.560. The number of likely N-dealkylation sites (N-methyl/N-ethyl adjacent to an activating group) is 1. The molecule has 0 aromatic rings. The average Bonchev–Trinajstić information content (AvgIpc) is 3.77. The lowest BCUT2D eigenvalue weighted by molar-refractivity contribution is -0.123. The number of unbranched alkanes of at least 4 members (excludes halogenated alkanes) is 36. The van der Waals surface area contributed by atoms with Crippen molar-refractivity contribution in [1.29, 1.82) is 0 Å². The summed E-state index contributed by atoms with van der Waals surface area (Å²) in [6, 6.07) is 0. The zero-order valence-corrected chi connectivity index (χ0v) is 67.0. The van der Waals surface area contributed by atoms with Crippen LogP contribution in [0, 0.1) is 0 Å². The van der Waals surface area contributed by atoms with Crippen molar-refractivity contribution < 1.29 is 19.2 Å². The maximum atomic E-state index is 13.2. The highest BCUT2D eigenvalue weighted by molar-refractivity contribution is 8.77. The summed E-state index contributed by atoms with van der Waals surface area (Å²) in [5.74, 6) is 8.58. The number of nitrogens with one attached hydrogen (secondary N) is 4. The molecule has 0 rings (SSSR count). The Balaban J connectivity index is 5.19. The maximum absolute atomic E-state index is 13.2. The van der Waals surface area contributed by atoms with Crippen molar-refractivity contribution in [2.24, 2.45) is 0 Å². The Bertz CT molecular complexity index is 1350. The molecule has 11 nitrogen and oxygen atoms in total. The Morgan fingerprint density at radius 1 is 0.228 bits per heavy atom. The van der Waals surface area contributed by atoms with Gasteiger partial charge in [-0.3, -0.25) is 19.2 Å². The van der Waals surface area contributed by atoms with Crippen molar-refractivity contribution in [3.63, 3.8) is 0 Å². The summed E-state index contributed by atoms with van der Waals surface area (Å²) in [6.07, 6.45) is 56.0. The number of rotatable bonds is 78. The number of hydrogen-bond donors (Lipinski definition) is 4. The second-order valence-electron chi connectivity index (χ2n) is 25.7. The maximum Gasteiger partial charge on any atom is 0.221 e. The van der Waals surface area contributed by atoms with Crippen LogP contribution in [0.25, 0.3) is 0 Å². The third-order valence-corrected chi connectivity index (χ3v) is 26.9. The van der Waals surface area contributed by atoms with E-state index in [0.717, 1.165) is 49.2 Å². The summed E-state index contributed by atoms with van der Waals surface area (Å²) in [5, 5.41) is 12.7. The van der Waals surface area contributed by atoms with Gasteiger partial charge in [0.25, 0.3) is 0 Å². The number of hydrogen-bond acceptors (Lipinski definition) is 15. The highest BCUT2D eigenvalue weighted by atomic mass is 33.1. The SMILES string of the molecule is CCCCCCCCCCCCSSCCNC(=O)CCN(CCC(=O)NCCSSCCCCCCCCCCCC)CCN(C)CCN(CCC(=O)NCCSSCCCCCCCCCCCC)CCC(=O)NCCSSCCCCCCCCCCCC. The molecule has 0 aliphatic rings. The van der Waals surface area contributed by atoms with Crippen LogP contribution < -0.4 is 21.3 Å². The molecule has 0 aromatic carbocycles. The standard InChI is InChI=1S/C73H147N7O4S8/c1-6-10-14-18-22-26-30-34-38-42-62-85-89-66-50-74-70(81)46-54-79(55-47-71(82)75-51-67-90-86-63-43-39-35-31-27-23-19-15-11-7-2)60-58-78(5)59-61-80(56-48-72(83)76-52-68-91-87-64-44-40-36-32-28-24-20-16-12-8-3)57-49-73(84)77-53-69-92-88-65-45-41-37-33-29-25-21-17-13-9-4/h6-69H2,1-5H3,(H,74,81)(H,75,82)(H,76,83)(H,77,84). The molecule has 0 saturated heterocycles. The van der Waals surface area contributed by atoms with Crippen LogP contribution in [-0.4, -0.2) is 170 Å². The normalized spacial score (nSPS) is 11.7. The smallest absolute Gasteiger partial charge is 0.221 e. The lowest BCUT2D eigenvalue weighted by atomic mass is 10.1. The Morgan fingerprint density at radius 3 is 0.598 bits per heavy atom. The van der Waals surface area contributed by atoms with Gasteiger partial charge in [-0.1, -0.05) is 345 Å². The van der Waals surface area contributed by atoms with Gasteiger partial charge in [0, 0.05) is 150 Å². The van der Waals surface area contributed by atoms with E-state index < -0.39 is 0 Å². The lowest BCUT2D eigenvalue weighted by Gasteiger charge is -2.28. The van der Waals surface area contributed by atoms with Crippen LogP contribution in [0.4, 0.5) is 0 Å². The topological polar surface area (TPSA) is 126 Å². The molecule has 4 N–H and O–H groups in total. The predicted octanol–water partition coefficient (Wildman–Crippen LogP) is 20.8. The van der Waals surface area contributed by atoms with Gasteiger partial charge in [-0.2, -0.15) is 0 Å². The molecule has 0 aliphatic heterocycles. The molecule has 0 atom stereocenters. The Kier molecular flexibility index (Phi) is 79.4. The fourth-order valence-electron chi connectivity index (χ4n) is 10.8. The molecular weight excluding hydrogens is 1300 g/mol. The molecule has 0 saturated carbocycles. The molecule has 19 heteroatoms. The first-order valence-corrected chi connectivity index (χ1v) is 48.4. The van der Waals surface area contributed by atoms with Crippen LogP contribution in [-0.2, 0) is 19.2 Å². The van der Waals surface area contributed by atoms with Gasteiger partial charge >= 0.3 is 0 Å². The van der Waals surface area contributed by atoms with E-state index in [1.807, 2.05) is 86.4 Å². The van der Waals surface area contributed by atoms with Crippen molar-refractivity contribution in [3.05, 3.63) is 0 Å². The predicted molar refractivity (Wildman–Crippen MR) is 428 cm³/mol. The molecule has 546 valence electrons. The summed E-state index contributed by atoms with van der Waals surface area (Å²) in [6.45, 7) is 17.2. The van der Waals surface area contributed by atoms with Gasteiger partial charge < -0.3 is 36.0 Å². The van der Waals surface area contributed by atoms with E-state index >= 15 is 0 Å². The number of carbonyl (C=O) groups is 4. The van der Waals surface area contributed by atoms with Crippen LogP contribution in [0.1, 0.15) is 310 Å². The van der Waals surface area contributed by atoms with Crippen molar-refractivity contribution >= 4 is 110 Å². The lowest BCUT2D eigenvalue weighted by Crippen LogP contribution is -2.41. The van der Waals surface area contributed by atoms with Crippen molar-refractivity contribution in [1.82, 2.24) is 36.0 Å². The summed E-state index contributed by atoms with van der Waals surface area (Å²) < 4.78 is 0. The van der Waals surface area contributed by atoms with Crippen molar-refractivity contribution in [2.75, 3.05) is 132 Å². The monoisotopic (exact) mass is 1440 g/mol. The number of amides is 4. The number of nitrogens with zero attached hydrogens (tertiary/aromatic N) is 3. The van der Waals surface area contributed by atoms with E-state index in [1.54, 1.807) is 0 Å². The van der Waals surface area contributed by atoms with Gasteiger partial charge in [-0.15, -0.1) is 0 Å². The van der Waals surface area contributed by atoms with Crippen LogP contribution in [0.5, 0.6) is 0 Å². The van der Waals surface area contributed by atoms with E-state index in [1.165, 1.54) is 280 Å². The zero-order valence-electron chi connectivity index (χ0n) is 60.5. The zero-order chi connectivity index (χ0) is 66.8. The van der Waals surface area contributed by atoms with Gasteiger partial charge in [0.2, 0.25) is 23.6 Å². The third kappa shape index (κ3) is 74.8. The van der Waals surface area contributed by atoms with E-state index in [0.29, 0.717) is 78.0 Å². The molecular formula is C73H147N7O4S8. The van der Waals surface area contributed by atoms with Gasteiger partial charge in [0.15, 0.2) is 0 Å². The highest BCUT2D eigenvalue weighted by Crippen LogP contribution is 2.26.